The van der Waals surface area contributed by atoms with Crippen LogP contribution in [0.5, 0.6) is 0 Å². The van der Waals surface area contributed by atoms with Crippen molar-refractivity contribution in [1.82, 2.24) is 5.32 Å². The summed E-state index contributed by atoms with van der Waals surface area (Å²) in [4.78, 5) is 24.9. The van der Waals surface area contributed by atoms with Gasteiger partial charge in [0.1, 0.15) is 0 Å². The van der Waals surface area contributed by atoms with Crippen LogP contribution in [0.3, 0.4) is 0 Å². The highest BCUT2D eigenvalue weighted by molar-refractivity contribution is 7.98. The average molecular weight is 422 g/mol. The smallest absolute Gasteiger partial charge is 0.265 e. The highest BCUT2D eigenvalue weighted by atomic mass is 32.2. The molecule has 29 heavy (non-hydrogen) atoms. The van der Waals surface area contributed by atoms with Gasteiger partial charge < -0.3 is 10.6 Å². The molecule has 0 aliphatic heterocycles. The lowest BCUT2D eigenvalue weighted by molar-refractivity contribution is 0.0955. The van der Waals surface area contributed by atoms with E-state index in [-0.39, 0.29) is 11.8 Å². The minimum atomic E-state index is -0.160. The van der Waals surface area contributed by atoms with Gasteiger partial charge in [0.15, 0.2) is 0 Å². The van der Waals surface area contributed by atoms with E-state index < -0.39 is 0 Å². The molecule has 0 bridgehead atoms. The summed E-state index contributed by atoms with van der Waals surface area (Å²) < 4.78 is 0. The van der Waals surface area contributed by atoms with E-state index in [0.717, 1.165) is 17.1 Å². The first-order valence-electron chi connectivity index (χ1n) is 8.96. The number of nitrogens with zero attached hydrogens (tertiary/aromatic N) is 1. The molecule has 2 N–H and O–H groups in total. The van der Waals surface area contributed by atoms with Crippen LogP contribution in [0.2, 0.25) is 0 Å². The summed E-state index contributed by atoms with van der Waals surface area (Å²) in [6, 6.07) is 20.1. The van der Waals surface area contributed by atoms with Crippen molar-refractivity contribution in [2.45, 2.75) is 5.75 Å². The second-order valence-corrected chi connectivity index (χ2v) is 8.14. The summed E-state index contributed by atoms with van der Waals surface area (Å²) in [6.07, 6.45) is 0. The number of thiophene rings is 1. The van der Waals surface area contributed by atoms with Crippen molar-refractivity contribution < 1.29 is 9.59 Å². The molecule has 1 aromatic heterocycles. The van der Waals surface area contributed by atoms with Crippen LogP contribution in [0.15, 0.2) is 66.0 Å². The summed E-state index contributed by atoms with van der Waals surface area (Å²) >= 11 is 3.05. The Morgan fingerprint density at radius 1 is 1.00 bits per heavy atom. The highest BCUT2D eigenvalue weighted by Gasteiger charge is 2.09. The Morgan fingerprint density at radius 3 is 2.52 bits per heavy atom. The van der Waals surface area contributed by atoms with Gasteiger partial charge in [0, 0.05) is 29.3 Å². The van der Waals surface area contributed by atoms with E-state index in [1.165, 1.54) is 11.3 Å². The zero-order valence-electron chi connectivity index (χ0n) is 15.6. The maximum atomic E-state index is 12.2. The fourth-order valence-electron chi connectivity index (χ4n) is 2.58. The largest absolute Gasteiger partial charge is 0.351 e. The summed E-state index contributed by atoms with van der Waals surface area (Å²) in [7, 11) is 0. The molecule has 0 spiro atoms. The first-order chi connectivity index (χ1) is 14.2. The fraction of sp³-hybridized carbons (Fsp3) is 0.136. The molecule has 3 aromatic rings. The molecule has 146 valence electrons. The van der Waals surface area contributed by atoms with E-state index in [2.05, 4.69) is 16.7 Å². The summed E-state index contributed by atoms with van der Waals surface area (Å²) in [6.45, 7) is 0.537. The SMILES string of the molecule is N#Cc1ccccc1CSCCNC(=O)c1ccc(NC(=O)c2cccs2)cc1. The number of thioether (sulfide) groups is 1. The van der Waals surface area contributed by atoms with Crippen LogP contribution in [0, 0.1) is 11.3 Å². The monoisotopic (exact) mass is 421 g/mol. The van der Waals surface area contributed by atoms with Crippen molar-refractivity contribution in [3.05, 3.63) is 87.6 Å². The van der Waals surface area contributed by atoms with Crippen LogP contribution in [-0.4, -0.2) is 24.1 Å². The van der Waals surface area contributed by atoms with Gasteiger partial charge in [0.05, 0.1) is 16.5 Å². The topological polar surface area (TPSA) is 82.0 Å². The maximum Gasteiger partial charge on any atom is 0.265 e. The molecule has 0 atom stereocenters. The van der Waals surface area contributed by atoms with Crippen LogP contribution < -0.4 is 10.6 Å². The number of hydrogen-bond acceptors (Lipinski definition) is 5. The molecule has 5 nitrogen and oxygen atoms in total. The second kappa shape index (κ2) is 10.5. The van der Waals surface area contributed by atoms with Crippen molar-refractivity contribution in [2.75, 3.05) is 17.6 Å². The van der Waals surface area contributed by atoms with Crippen molar-refractivity contribution in [2.24, 2.45) is 0 Å². The summed E-state index contributed by atoms with van der Waals surface area (Å²) in [5.74, 6) is 1.17. The quantitative estimate of drug-likeness (QED) is 0.523. The van der Waals surface area contributed by atoms with E-state index in [9.17, 15) is 9.59 Å². The molecular weight excluding hydrogens is 402 g/mol. The van der Waals surface area contributed by atoms with Gasteiger partial charge in [-0.15, -0.1) is 11.3 Å². The Kier molecular flexibility index (Phi) is 7.45. The molecule has 0 unspecified atom stereocenters. The number of amides is 2. The van der Waals surface area contributed by atoms with Gasteiger partial charge >= 0.3 is 0 Å². The molecule has 7 heteroatoms. The van der Waals surface area contributed by atoms with Crippen LogP contribution >= 0.6 is 23.1 Å². The van der Waals surface area contributed by atoms with E-state index in [1.807, 2.05) is 35.7 Å². The van der Waals surface area contributed by atoms with Gasteiger partial charge in [0.2, 0.25) is 0 Å². The Bertz CT molecular complexity index is 1010. The summed E-state index contributed by atoms with van der Waals surface area (Å²) in [5.41, 5.74) is 2.88. The molecule has 1 heterocycles. The van der Waals surface area contributed by atoms with Gasteiger partial charge in [0.25, 0.3) is 11.8 Å². The number of benzene rings is 2. The molecule has 0 saturated carbocycles. The average Bonchev–Trinajstić information content (AvgIpc) is 3.29. The number of carbonyl (C=O) groups is 2. The number of anilines is 1. The molecule has 2 amide bonds. The lowest BCUT2D eigenvalue weighted by Gasteiger charge is -2.08. The van der Waals surface area contributed by atoms with Crippen molar-refractivity contribution in [1.29, 1.82) is 5.26 Å². The molecule has 2 aromatic carbocycles. The Morgan fingerprint density at radius 2 is 1.79 bits per heavy atom. The second-order valence-electron chi connectivity index (χ2n) is 6.09. The Balaban J connectivity index is 1.41. The Labute approximate surface area is 177 Å². The molecule has 0 aliphatic rings. The maximum absolute atomic E-state index is 12.2. The molecule has 0 radical (unpaired) electrons. The van der Waals surface area contributed by atoms with Crippen LogP contribution in [0.1, 0.15) is 31.2 Å². The number of carbonyl (C=O) groups excluding carboxylic acids is 2. The van der Waals surface area contributed by atoms with E-state index in [0.29, 0.717) is 28.2 Å². The minimum absolute atomic E-state index is 0.154. The number of rotatable bonds is 8. The standard InChI is InChI=1S/C22H19N3O2S2/c23-14-17-4-1-2-5-18(17)15-28-13-11-24-21(26)16-7-9-19(10-8-16)25-22(27)20-6-3-12-29-20/h1-10,12H,11,13,15H2,(H,24,26)(H,25,27). The normalized spacial score (nSPS) is 10.2. The van der Waals surface area contributed by atoms with Gasteiger partial charge in [-0.1, -0.05) is 24.3 Å². The first-order valence-corrected chi connectivity index (χ1v) is 11.0. The first kappa shape index (κ1) is 20.6. The van der Waals surface area contributed by atoms with Crippen LogP contribution in [0.4, 0.5) is 5.69 Å². The number of hydrogen-bond donors (Lipinski definition) is 2. The Hall–Kier alpha value is -3.08. The lowest BCUT2D eigenvalue weighted by Crippen LogP contribution is -2.25. The minimum Gasteiger partial charge on any atom is -0.351 e. The van der Waals surface area contributed by atoms with Gasteiger partial charge in [-0.25, -0.2) is 0 Å². The van der Waals surface area contributed by atoms with E-state index in [4.69, 9.17) is 5.26 Å². The third-order valence-electron chi connectivity index (χ3n) is 4.08. The third kappa shape index (κ3) is 5.95. The molecular formula is C22H19N3O2S2. The summed E-state index contributed by atoms with van der Waals surface area (Å²) in [5, 5.41) is 16.6. The van der Waals surface area contributed by atoms with Crippen molar-refractivity contribution >= 4 is 40.6 Å². The van der Waals surface area contributed by atoms with E-state index >= 15 is 0 Å². The fourth-order valence-corrected chi connectivity index (χ4v) is 4.06. The highest BCUT2D eigenvalue weighted by Crippen LogP contribution is 2.16. The molecule has 0 saturated heterocycles. The molecule has 0 fully saturated rings. The molecule has 0 aliphatic carbocycles. The van der Waals surface area contributed by atoms with Crippen molar-refractivity contribution in [3.8, 4) is 6.07 Å². The third-order valence-corrected chi connectivity index (χ3v) is 5.95. The van der Waals surface area contributed by atoms with E-state index in [1.54, 1.807) is 42.1 Å². The zero-order chi connectivity index (χ0) is 20.5. The lowest BCUT2D eigenvalue weighted by atomic mass is 10.1. The van der Waals surface area contributed by atoms with Crippen LogP contribution in [0.25, 0.3) is 0 Å². The van der Waals surface area contributed by atoms with Gasteiger partial charge in [-0.3, -0.25) is 9.59 Å². The van der Waals surface area contributed by atoms with Gasteiger partial charge in [-0.2, -0.15) is 17.0 Å². The number of nitriles is 1. The zero-order valence-corrected chi connectivity index (χ0v) is 17.2. The van der Waals surface area contributed by atoms with Gasteiger partial charge in [-0.05, 0) is 47.3 Å². The predicted octanol–water partition coefficient (Wildman–Crippen LogP) is 4.54. The predicted molar refractivity (Wildman–Crippen MR) is 118 cm³/mol. The molecule has 3 rings (SSSR count). The number of nitrogens with one attached hydrogen (secondary N) is 2. The van der Waals surface area contributed by atoms with Crippen molar-refractivity contribution in [3.63, 3.8) is 0 Å². The van der Waals surface area contributed by atoms with Crippen LogP contribution in [-0.2, 0) is 5.75 Å².